The van der Waals surface area contributed by atoms with E-state index in [1.165, 1.54) is 18.0 Å². The van der Waals surface area contributed by atoms with Gasteiger partial charge in [0, 0.05) is 30.4 Å². The van der Waals surface area contributed by atoms with Crippen molar-refractivity contribution in [1.82, 2.24) is 5.32 Å². The molecule has 0 spiro atoms. The lowest BCUT2D eigenvalue weighted by atomic mass is 10.2. The molecule has 1 fully saturated rings. The van der Waals surface area contributed by atoms with Gasteiger partial charge in [-0.25, -0.2) is 0 Å². The largest absolute Gasteiger partial charge is 0.378 e. The van der Waals surface area contributed by atoms with Crippen molar-refractivity contribution in [3.8, 4) is 0 Å². The van der Waals surface area contributed by atoms with Gasteiger partial charge in [-0.05, 0) is 47.7 Å². The molecule has 1 amide bonds. The first-order valence-electron chi connectivity index (χ1n) is 7.97. The van der Waals surface area contributed by atoms with Gasteiger partial charge in [0.15, 0.2) is 5.17 Å². The topological polar surface area (TPSA) is 57.1 Å². The van der Waals surface area contributed by atoms with Crippen LogP contribution in [0, 0.1) is 0 Å². The molecule has 0 bridgehead atoms. The maximum Gasteiger partial charge on any atom is 0.264 e. The monoisotopic (exact) mass is 418 g/mol. The number of carbonyl (C=O) groups excluding carboxylic acids is 1. The Hall–Kier alpha value is -2.28. The molecule has 0 radical (unpaired) electrons. The van der Waals surface area contributed by atoms with Gasteiger partial charge in [-0.3, -0.25) is 10.1 Å². The van der Waals surface area contributed by atoms with Crippen molar-refractivity contribution in [2.45, 2.75) is 0 Å². The van der Waals surface area contributed by atoms with Gasteiger partial charge < -0.3 is 4.90 Å². The van der Waals surface area contributed by atoms with Gasteiger partial charge in [0.05, 0.1) is 16.1 Å². The van der Waals surface area contributed by atoms with Crippen LogP contribution in [-0.2, 0) is 4.79 Å². The van der Waals surface area contributed by atoms with Crippen molar-refractivity contribution in [3.05, 3.63) is 68.5 Å². The van der Waals surface area contributed by atoms with Crippen LogP contribution in [0.1, 0.15) is 11.1 Å². The summed E-state index contributed by atoms with van der Waals surface area (Å²) in [6.07, 6.45) is 3.34. The van der Waals surface area contributed by atoms with Crippen molar-refractivity contribution in [3.63, 3.8) is 0 Å². The number of hydrogen-bond acceptors (Lipinski definition) is 5. The highest BCUT2D eigenvalue weighted by Gasteiger charge is 2.23. The van der Waals surface area contributed by atoms with E-state index >= 15 is 0 Å². The predicted octanol–water partition coefficient (Wildman–Crippen LogP) is 4.65. The molecule has 0 atom stereocenters. The lowest BCUT2D eigenvalue weighted by Gasteiger charge is -2.11. The number of thioether (sulfide) groups is 1. The zero-order valence-electron chi connectivity index (χ0n) is 14.6. The summed E-state index contributed by atoms with van der Waals surface area (Å²) in [6.45, 7) is 0. The number of hydrogen-bond donors (Lipinski definition) is 1. The van der Waals surface area contributed by atoms with E-state index in [1.54, 1.807) is 18.2 Å². The first-order valence-corrected chi connectivity index (χ1v) is 9.54. The number of carbonyl (C=O) groups is 1. The minimum Gasteiger partial charge on any atom is -0.378 e. The second-order valence-corrected chi connectivity index (χ2v) is 7.74. The van der Waals surface area contributed by atoms with E-state index in [9.17, 15) is 4.79 Å². The fourth-order valence-corrected chi connectivity index (χ4v) is 3.48. The van der Waals surface area contributed by atoms with Crippen LogP contribution in [0.5, 0.6) is 0 Å². The minimum absolute atomic E-state index is 0.199. The van der Waals surface area contributed by atoms with Crippen molar-refractivity contribution in [1.29, 1.82) is 0 Å². The van der Waals surface area contributed by atoms with Gasteiger partial charge in [-0.2, -0.15) is 5.10 Å². The Morgan fingerprint density at radius 2 is 1.85 bits per heavy atom. The molecule has 0 aromatic heterocycles. The van der Waals surface area contributed by atoms with E-state index in [4.69, 9.17) is 23.2 Å². The molecule has 0 aliphatic carbocycles. The molecule has 5 nitrogen and oxygen atoms in total. The van der Waals surface area contributed by atoms with E-state index in [-0.39, 0.29) is 5.91 Å². The summed E-state index contributed by atoms with van der Waals surface area (Å²) >= 11 is 13.2. The first-order chi connectivity index (χ1) is 12.9. The molecule has 1 N–H and O–H groups in total. The summed E-state index contributed by atoms with van der Waals surface area (Å²) in [4.78, 5) is 14.7. The van der Waals surface area contributed by atoms with Gasteiger partial charge in [0.25, 0.3) is 5.91 Å². The molecular formula is C19H16Cl2N4OS. The summed E-state index contributed by atoms with van der Waals surface area (Å²) in [6, 6.07) is 13.0. The Labute approximate surface area is 171 Å². The first kappa shape index (κ1) is 19.5. The molecule has 27 heavy (non-hydrogen) atoms. The highest BCUT2D eigenvalue weighted by molar-refractivity contribution is 8.18. The van der Waals surface area contributed by atoms with Gasteiger partial charge in [-0.1, -0.05) is 41.4 Å². The number of nitrogens with zero attached hydrogens (tertiary/aromatic N) is 3. The number of nitrogens with one attached hydrogen (secondary N) is 1. The smallest absolute Gasteiger partial charge is 0.264 e. The standard InChI is InChI=1S/C19H16Cl2N4OS/c1-25(2)15-7-3-12(4-8-15)9-17-18(26)23-19(27-17)24-22-11-13-5-6-14(20)10-16(13)21/h3-11H,1-2H3,(H,23,24,26). The molecule has 138 valence electrons. The van der Waals surface area contributed by atoms with Crippen molar-refractivity contribution in [2.75, 3.05) is 19.0 Å². The van der Waals surface area contributed by atoms with E-state index in [0.29, 0.717) is 25.7 Å². The fourth-order valence-electron chi connectivity index (χ4n) is 2.24. The van der Waals surface area contributed by atoms with Crippen LogP contribution in [-0.4, -0.2) is 31.4 Å². The zero-order chi connectivity index (χ0) is 19.4. The molecule has 1 aliphatic rings. The van der Waals surface area contributed by atoms with Crippen LogP contribution < -0.4 is 10.2 Å². The SMILES string of the molecule is CN(C)c1ccc(C=C2S/C(=N/N=Cc3ccc(Cl)cc3Cl)NC2=O)cc1. The van der Waals surface area contributed by atoms with E-state index in [2.05, 4.69) is 15.5 Å². The highest BCUT2D eigenvalue weighted by atomic mass is 35.5. The van der Waals surface area contributed by atoms with Crippen LogP contribution in [0.2, 0.25) is 10.0 Å². The Kier molecular flexibility index (Phi) is 6.21. The molecule has 3 rings (SSSR count). The minimum atomic E-state index is -0.199. The third-order valence-electron chi connectivity index (χ3n) is 3.67. The van der Waals surface area contributed by atoms with Gasteiger partial charge in [0.1, 0.15) is 0 Å². The molecule has 2 aromatic carbocycles. The summed E-state index contributed by atoms with van der Waals surface area (Å²) in [7, 11) is 3.96. The second kappa shape index (κ2) is 8.61. The van der Waals surface area contributed by atoms with Crippen molar-refractivity contribution in [2.24, 2.45) is 10.2 Å². The van der Waals surface area contributed by atoms with Crippen LogP contribution in [0.15, 0.2) is 57.6 Å². The lowest BCUT2D eigenvalue weighted by molar-refractivity contribution is -0.115. The Morgan fingerprint density at radius 3 is 2.52 bits per heavy atom. The Morgan fingerprint density at radius 1 is 1.11 bits per heavy atom. The van der Waals surface area contributed by atoms with Crippen LogP contribution in [0.25, 0.3) is 6.08 Å². The van der Waals surface area contributed by atoms with E-state index in [1.807, 2.05) is 49.3 Å². The molecule has 0 saturated carbocycles. The third kappa shape index (κ3) is 5.13. The number of amides is 1. The van der Waals surface area contributed by atoms with Crippen LogP contribution >= 0.6 is 35.0 Å². The predicted molar refractivity (Wildman–Crippen MR) is 116 cm³/mol. The molecule has 1 saturated heterocycles. The quantitative estimate of drug-likeness (QED) is 0.446. The normalized spacial score (nSPS) is 17.1. The summed E-state index contributed by atoms with van der Waals surface area (Å²) in [5.74, 6) is -0.199. The number of rotatable bonds is 4. The van der Waals surface area contributed by atoms with Crippen molar-refractivity contribution < 1.29 is 4.79 Å². The Bertz CT molecular complexity index is 953. The maximum absolute atomic E-state index is 12.1. The maximum atomic E-state index is 12.1. The highest BCUT2D eigenvalue weighted by Crippen LogP contribution is 2.26. The molecule has 2 aromatic rings. The van der Waals surface area contributed by atoms with Crippen LogP contribution in [0.4, 0.5) is 5.69 Å². The zero-order valence-corrected chi connectivity index (χ0v) is 16.9. The molecule has 1 aliphatic heterocycles. The Balaban J connectivity index is 1.70. The number of halogens is 2. The average Bonchev–Trinajstić information content (AvgIpc) is 2.97. The number of anilines is 1. The summed E-state index contributed by atoms with van der Waals surface area (Å²) < 4.78 is 0. The fraction of sp³-hybridized carbons (Fsp3) is 0.105. The van der Waals surface area contributed by atoms with E-state index in [0.717, 1.165) is 11.3 Å². The molecule has 1 heterocycles. The van der Waals surface area contributed by atoms with Gasteiger partial charge in [-0.15, -0.1) is 5.10 Å². The number of amidine groups is 1. The van der Waals surface area contributed by atoms with Crippen LogP contribution in [0.3, 0.4) is 0 Å². The molecular weight excluding hydrogens is 403 g/mol. The van der Waals surface area contributed by atoms with Crippen molar-refractivity contribution >= 4 is 64.0 Å². The molecule has 0 unspecified atom stereocenters. The third-order valence-corrected chi connectivity index (χ3v) is 5.13. The van der Waals surface area contributed by atoms with Gasteiger partial charge in [0.2, 0.25) is 0 Å². The van der Waals surface area contributed by atoms with Gasteiger partial charge >= 0.3 is 0 Å². The van der Waals surface area contributed by atoms with E-state index < -0.39 is 0 Å². The summed E-state index contributed by atoms with van der Waals surface area (Å²) in [5, 5.41) is 12.2. The summed E-state index contributed by atoms with van der Waals surface area (Å²) in [5.41, 5.74) is 2.73. The number of benzene rings is 2. The second-order valence-electron chi connectivity index (χ2n) is 5.87. The average molecular weight is 419 g/mol. The molecule has 8 heteroatoms. The lowest BCUT2D eigenvalue weighted by Crippen LogP contribution is -2.19.